The third-order valence-electron chi connectivity index (χ3n) is 1.55. The Labute approximate surface area is 94.5 Å². The van der Waals surface area contributed by atoms with Crippen molar-refractivity contribution in [2.75, 3.05) is 24.4 Å². The molecule has 15 heavy (non-hydrogen) atoms. The van der Waals surface area contributed by atoms with Crippen molar-refractivity contribution < 1.29 is 9.53 Å². The fourth-order valence-corrected chi connectivity index (χ4v) is 1.28. The van der Waals surface area contributed by atoms with E-state index in [2.05, 4.69) is 41.4 Å². The number of nitrogen functional groups attached to an aromatic ring is 1. The van der Waals surface area contributed by atoms with Crippen molar-refractivity contribution in [3.05, 3.63) is 10.8 Å². The molecule has 4 N–H and O–H groups in total. The maximum Gasteiger partial charge on any atom is 0.325 e. The zero-order chi connectivity index (χ0) is 11.3. The fourth-order valence-electron chi connectivity index (χ4n) is 0.822. The van der Waals surface area contributed by atoms with Gasteiger partial charge in [0.15, 0.2) is 5.82 Å². The average molecular weight is 276 g/mol. The molecule has 0 bridgehead atoms. The van der Waals surface area contributed by atoms with E-state index in [1.165, 1.54) is 13.4 Å². The molecule has 0 amide bonds. The van der Waals surface area contributed by atoms with Crippen LogP contribution in [0, 0.1) is 0 Å². The number of hydrogen-bond acceptors (Lipinski definition) is 7. The zero-order valence-corrected chi connectivity index (χ0v) is 9.54. The molecule has 82 valence electrons. The predicted molar refractivity (Wildman–Crippen MR) is 58.0 cm³/mol. The van der Waals surface area contributed by atoms with Crippen molar-refractivity contribution in [1.29, 1.82) is 0 Å². The largest absolute Gasteiger partial charge is 0.468 e. The number of aromatic nitrogens is 2. The van der Waals surface area contributed by atoms with Gasteiger partial charge in [-0.05, 0) is 15.9 Å². The van der Waals surface area contributed by atoms with Crippen LogP contribution in [0.4, 0.5) is 11.6 Å². The molecule has 0 aliphatic rings. The summed E-state index contributed by atoms with van der Waals surface area (Å²) in [6.45, 7) is 0.0239. The minimum Gasteiger partial charge on any atom is -0.468 e. The number of carbonyl (C=O) groups excluding carboxylic acids is 1. The summed E-state index contributed by atoms with van der Waals surface area (Å²) < 4.78 is 5.02. The first-order chi connectivity index (χ1) is 7.19. The first-order valence-corrected chi connectivity index (χ1v) is 4.76. The molecule has 0 aliphatic carbocycles. The van der Waals surface area contributed by atoms with E-state index in [0.29, 0.717) is 16.1 Å². The highest BCUT2D eigenvalue weighted by atomic mass is 79.9. The Kier molecular flexibility index (Phi) is 4.25. The van der Waals surface area contributed by atoms with Crippen LogP contribution in [0.5, 0.6) is 0 Å². The molecule has 0 fully saturated rings. The van der Waals surface area contributed by atoms with Gasteiger partial charge in [0.1, 0.15) is 23.2 Å². The van der Waals surface area contributed by atoms with Crippen LogP contribution in [0.15, 0.2) is 10.8 Å². The van der Waals surface area contributed by atoms with Gasteiger partial charge in [-0.3, -0.25) is 4.79 Å². The van der Waals surface area contributed by atoms with Crippen LogP contribution in [0.3, 0.4) is 0 Å². The third kappa shape index (κ3) is 3.03. The van der Waals surface area contributed by atoms with Gasteiger partial charge in [0.25, 0.3) is 0 Å². The van der Waals surface area contributed by atoms with Gasteiger partial charge in [-0.2, -0.15) is 0 Å². The molecule has 0 spiro atoms. The van der Waals surface area contributed by atoms with Gasteiger partial charge in [0.05, 0.1) is 7.11 Å². The molecule has 0 saturated heterocycles. The number of nitrogens with two attached hydrogens (primary N) is 1. The van der Waals surface area contributed by atoms with Crippen LogP contribution in [0.2, 0.25) is 0 Å². The van der Waals surface area contributed by atoms with E-state index in [0.717, 1.165) is 0 Å². The van der Waals surface area contributed by atoms with Crippen molar-refractivity contribution in [3.8, 4) is 0 Å². The van der Waals surface area contributed by atoms with Crippen LogP contribution in [-0.4, -0.2) is 29.6 Å². The number of hydrogen-bond donors (Lipinski definition) is 3. The van der Waals surface area contributed by atoms with Crippen LogP contribution in [0.1, 0.15) is 0 Å². The lowest BCUT2D eigenvalue weighted by Crippen LogP contribution is -2.17. The van der Waals surface area contributed by atoms with E-state index < -0.39 is 0 Å². The number of hydrazine groups is 1. The summed E-state index contributed by atoms with van der Waals surface area (Å²) >= 11 is 3.23. The number of halogens is 1. The van der Waals surface area contributed by atoms with Crippen molar-refractivity contribution in [2.24, 2.45) is 5.84 Å². The summed E-state index contributed by atoms with van der Waals surface area (Å²) in [5.41, 5.74) is 2.38. The number of esters is 1. The Balaban J connectivity index is 2.73. The molecule has 1 aromatic heterocycles. The Morgan fingerprint density at radius 2 is 2.27 bits per heavy atom. The lowest BCUT2D eigenvalue weighted by atomic mass is 10.5. The lowest BCUT2D eigenvalue weighted by Gasteiger charge is -2.08. The first-order valence-electron chi connectivity index (χ1n) is 3.96. The summed E-state index contributed by atoms with van der Waals surface area (Å²) in [6.07, 6.45) is 1.32. The molecule has 1 rings (SSSR count). The minimum absolute atomic E-state index is 0.0239. The maximum absolute atomic E-state index is 10.9. The van der Waals surface area contributed by atoms with Gasteiger partial charge < -0.3 is 15.5 Å². The Hall–Kier alpha value is -1.41. The Morgan fingerprint density at radius 1 is 1.60 bits per heavy atom. The highest BCUT2D eigenvalue weighted by Gasteiger charge is 2.08. The first kappa shape index (κ1) is 11.7. The highest BCUT2D eigenvalue weighted by Crippen LogP contribution is 2.25. The molecule has 8 heteroatoms. The standard InChI is InChI=1S/C7H10BrN5O2/c1-15-4(14)2-10-6-5(8)7(13-9)12-3-11-6/h3H,2,9H2,1H3,(H2,10,11,12,13). The van der Waals surface area contributed by atoms with Crippen molar-refractivity contribution >= 4 is 33.5 Å². The molecule has 0 aliphatic heterocycles. The second-order valence-electron chi connectivity index (χ2n) is 2.46. The molecule has 0 saturated carbocycles. The summed E-state index contributed by atoms with van der Waals surface area (Å²) in [5.74, 6) is 5.72. The number of nitrogens with one attached hydrogen (secondary N) is 2. The van der Waals surface area contributed by atoms with E-state index >= 15 is 0 Å². The number of anilines is 2. The number of carbonyl (C=O) groups is 1. The maximum atomic E-state index is 10.9. The van der Waals surface area contributed by atoms with E-state index in [9.17, 15) is 4.79 Å². The monoisotopic (exact) mass is 275 g/mol. The van der Waals surface area contributed by atoms with Crippen LogP contribution < -0.4 is 16.6 Å². The van der Waals surface area contributed by atoms with E-state index in [-0.39, 0.29) is 12.5 Å². The average Bonchev–Trinajstić information content (AvgIpc) is 2.27. The predicted octanol–water partition coefficient (Wildman–Crippen LogP) is 0.110. The summed E-state index contributed by atoms with van der Waals surface area (Å²) in [4.78, 5) is 18.6. The van der Waals surface area contributed by atoms with Crippen LogP contribution >= 0.6 is 15.9 Å². The van der Waals surface area contributed by atoms with Gasteiger partial charge in [0.2, 0.25) is 0 Å². The zero-order valence-electron chi connectivity index (χ0n) is 7.95. The van der Waals surface area contributed by atoms with Crippen LogP contribution in [0.25, 0.3) is 0 Å². The molecular weight excluding hydrogens is 266 g/mol. The molecule has 0 aromatic carbocycles. The van der Waals surface area contributed by atoms with E-state index in [1.54, 1.807) is 0 Å². The molecule has 0 unspecified atom stereocenters. The topological polar surface area (TPSA) is 102 Å². The summed E-state index contributed by atoms with van der Waals surface area (Å²) in [5, 5.41) is 2.77. The molecular formula is C7H10BrN5O2. The molecule has 0 atom stereocenters. The van der Waals surface area contributed by atoms with Crippen molar-refractivity contribution in [2.45, 2.75) is 0 Å². The minimum atomic E-state index is -0.386. The number of ether oxygens (including phenoxy) is 1. The van der Waals surface area contributed by atoms with E-state index in [4.69, 9.17) is 5.84 Å². The van der Waals surface area contributed by atoms with Crippen molar-refractivity contribution in [1.82, 2.24) is 9.97 Å². The molecule has 1 heterocycles. The number of methoxy groups -OCH3 is 1. The normalized spacial score (nSPS) is 9.53. The van der Waals surface area contributed by atoms with Gasteiger partial charge in [-0.15, -0.1) is 0 Å². The quantitative estimate of drug-likeness (QED) is 0.407. The third-order valence-corrected chi connectivity index (χ3v) is 2.31. The van der Waals surface area contributed by atoms with E-state index in [1.807, 2.05) is 0 Å². The molecule has 0 radical (unpaired) electrons. The Morgan fingerprint density at radius 3 is 2.87 bits per heavy atom. The van der Waals surface area contributed by atoms with Gasteiger partial charge in [-0.25, -0.2) is 15.8 Å². The molecule has 1 aromatic rings. The number of rotatable bonds is 4. The second-order valence-corrected chi connectivity index (χ2v) is 3.25. The van der Waals surface area contributed by atoms with Crippen molar-refractivity contribution in [3.63, 3.8) is 0 Å². The summed E-state index contributed by atoms with van der Waals surface area (Å²) in [6, 6.07) is 0. The smallest absolute Gasteiger partial charge is 0.325 e. The highest BCUT2D eigenvalue weighted by molar-refractivity contribution is 9.10. The van der Waals surface area contributed by atoms with Gasteiger partial charge in [-0.1, -0.05) is 0 Å². The second kappa shape index (κ2) is 5.47. The van der Waals surface area contributed by atoms with Gasteiger partial charge in [0, 0.05) is 0 Å². The van der Waals surface area contributed by atoms with Gasteiger partial charge >= 0.3 is 5.97 Å². The SMILES string of the molecule is COC(=O)CNc1ncnc(NN)c1Br. The number of nitrogens with zero attached hydrogens (tertiary/aromatic N) is 2. The summed E-state index contributed by atoms with van der Waals surface area (Å²) in [7, 11) is 1.31. The Bertz CT molecular complexity index is 359. The lowest BCUT2D eigenvalue weighted by molar-refractivity contribution is -0.138. The fraction of sp³-hybridized carbons (Fsp3) is 0.286. The molecule has 7 nitrogen and oxygen atoms in total. The van der Waals surface area contributed by atoms with Crippen LogP contribution in [-0.2, 0) is 9.53 Å².